The van der Waals surface area contributed by atoms with E-state index in [4.69, 9.17) is 12.6 Å². The monoisotopic (exact) mass is 321 g/mol. The molecule has 0 radical (unpaired) electrons. The molecule has 0 fully saturated rings. The maximum Gasteiger partial charge on any atom is 1.00 e. The van der Waals surface area contributed by atoms with E-state index in [1.807, 2.05) is 64.1 Å². The third-order valence-electron chi connectivity index (χ3n) is 1.96. The summed E-state index contributed by atoms with van der Waals surface area (Å²) in [6.45, 7) is 8.01. The minimum Gasteiger partial charge on any atom is -0.787 e. The van der Waals surface area contributed by atoms with Crippen LogP contribution in [0.15, 0.2) is 48.5 Å². The zero-order valence-corrected chi connectivity index (χ0v) is 13.5. The molecular formula is C16H20CuNS. The third-order valence-corrected chi connectivity index (χ3v) is 1.96. The van der Waals surface area contributed by atoms with E-state index in [1.165, 1.54) is 5.56 Å². The maximum atomic E-state index is 4.83. The van der Waals surface area contributed by atoms with Gasteiger partial charge in [-0.1, -0.05) is 57.2 Å². The van der Waals surface area contributed by atoms with Gasteiger partial charge in [0.25, 0.3) is 0 Å². The molecule has 0 saturated heterocycles. The number of hydrogen-bond donors (Lipinski definition) is 0. The van der Waals surface area contributed by atoms with E-state index in [0.29, 0.717) is 0 Å². The first-order valence-electron chi connectivity index (χ1n) is 6.06. The summed E-state index contributed by atoms with van der Waals surface area (Å²) in [6.07, 6.45) is 0. The molecule has 0 aliphatic heterocycles. The van der Waals surface area contributed by atoms with Gasteiger partial charge in [0.15, 0.2) is 0 Å². The molecule has 1 aromatic carbocycles. The molecule has 0 amide bonds. The fourth-order valence-electron chi connectivity index (χ4n) is 1.31. The van der Waals surface area contributed by atoms with E-state index < -0.39 is 0 Å². The summed E-state index contributed by atoms with van der Waals surface area (Å²) in [6, 6.07) is 16.3. The van der Waals surface area contributed by atoms with E-state index in [-0.39, 0.29) is 21.8 Å². The summed E-state index contributed by atoms with van der Waals surface area (Å²) in [5.74, 6) is 0. The van der Waals surface area contributed by atoms with Crippen LogP contribution in [0.5, 0.6) is 0 Å². The van der Waals surface area contributed by atoms with Gasteiger partial charge >= 0.3 is 17.1 Å². The summed E-state index contributed by atoms with van der Waals surface area (Å²) in [5.41, 5.74) is 3.27. The summed E-state index contributed by atoms with van der Waals surface area (Å²) >= 11 is 4.83. The fourth-order valence-corrected chi connectivity index (χ4v) is 1.31. The molecule has 0 bridgehead atoms. The van der Waals surface area contributed by atoms with Crippen LogP contribution in [0.3, 0.4) is 0 Å². The molecule has 0 saturated carbocycles. The van der Waals surface area contributed by atoms with Crippen LogP contribution in [-0.2, 0) is 29.7 Å². The standard InChI is InChI=1S/C12H11N.C4H10S.Cu/c1-10-6-5-9-12(13-10)11-7-3-2-4-8-11;1-4(2,3)5;/h2-9H,1H3;5H,1-3H3;/q;;+1/p-1. The zero-order valence-electron chi connectivity index (χ0n) is 11.8. The van der Waals surface area contributed by atoms with Crippen molar-refractivity contribution in [2.75, 3.05) is 0 Å². The van der Waals surface area contributed by atoms with Gasteiger partial charge in [-0.15, -0.1) is 0 Å². The summed E-state index contributed by atoms with van der Waals surface area (Å²) in [5, 5.41) is 0. The van der Waals surface area contributed by atoms with Gasteiger partial charge in [0.2, 0.25) is 0 Å². The second-order valence-corrected chi connectivity index (χ2v) is 6.37. The molecule has 0 N–H and O–H groups in total. The van der Waals surface area contributed by atoms with Gasteiger partial charge in [-0.25, -0.2) is 0 Å². The second kappa shape index (κ2) is 8.42. The molecule has 1 heterocycles. The minimum atomic E-state index is 0. The number of aryl methyl sites for hydroxylation is 1. The first-order valence-corrected chi connectivity index (χ1v) is 6.46. The zero-order chi connectivity index (χ0) is 13.6. The molecule has 0 atom stereocenters. The molecular weight excluding hydrogens is 302 g/mol. The molecule has 0 spiro atoms. The largest absolute Gasteiger partial charge is 1.00 e. The van der Waals surface area contributed by atoms with Gasteiger partial charge in [-0.2, -0.15) is 4.75 Å². The average Bonchev–Trinajstić information content (AvgIpc) is 2.28. The molecule has 1 aromatic heterocycles. The summed E-state index contributed by atoms with van der Waals surface area (Å²) in [4.78, 5) is 4.44. The molecule has 106 valence electrons. The van der Waals surface area contributed by atoms with Crippen molar-refractivity contribution in [3.8, 4) is 11.3 Å². The van der Waals surface area contributed by atoms with Crippen molar-refractivity contribution in [3.05, 3.63) is 54.2 Å². The van der Waals surface area contributed by atoms with E-state index >= 15 is 0 Å². The molecule has 19 heavy (non-hydrogen) atoms. The number of benzene rings is 1. The van der Waals surface area contributed by atoms with Crippen molar-refractivity contribution < 1.29 is 17.1 Å². The number of pyridine rings is 1. The Balaban J connectivity index is 0.000000471. The quantitative estimate of drug-likeness (QED) is 0.571. The first kappa shape index (κ1) is 18.2. The van der Waals surface area contributed by atoms with Crippen molar-refractivity contribution in [1.82, 2.24) is 4.98 Å². The van der Waals surface area contributed by atoms with Gasteiger partial charge in [0.1, 0.15) is 0 Å². The number of rotatable bonds is 1. The smallest absolute Gasteiger partial charge is 0.787 e. The molecule has 0 aliphatic rings. The van der Waals surface area contributed by atoms with Crippen LogP contribution in [-0.4, -0.2) is 9.73 Å². The number of nitrogens with zero attached hydrogens (tertiary/aromatic N) is 1. The predicted molar refractivity (Wildman–Crippen MR) is 81.5 cm³/mol. The fraction of sp³-hybridized carbons (Fsp3) is 0.312. The Morgan fingerprint density at radius 1 is 0.895 bits per heavy atom. The number of hydrogen-bond acceptors (Lipinski definition) is 2. The van der Waals surface area contributed by atoms with Crippen LogP contribution in [0.1, 0.15) is 26.5 Å². The Bertz CT molecular complexity index is 472. The summed E-state index contributed by atoms with van der Waals surface area (Å²) in [7, 11) is 0. The Hall–Kier alpha value is -0.761. The molecule has 0 unspecified atom stereocenters. The van der Waals surface area contributed by atoms with Crippen LogP contribution < -0.4 is 0 Å². The van der Waals surface area contributed by atoms with Gasteiger partial charge in [0, 0.05) is 11.3 Å². The second-order valence-electron chi connectivity index (χ2n) is 5.14. The Morgan fingerprint density at radius 3 is 1.89 bits per heavy atom. The van der Waals surface area contributed by atoms with Crippen molar-refractivity contribution in [3.63, 3.8) is 0 Å². The molecule has 2 rings (SSSR count). The Labute approximate surface area is 132 Å². The van der Waals surface area contributed by atoms with Gasteiger partial charge < -0.3 is 12.6 Å². The first-order chi connectivity index (χ1) is 8.36. The average molecular weight is 322 g/mol. The van der Waals surface area contributed by atoms with Crippen LogP contribution >= 0.6 is 0 Å². The van der Waals surface area contributed by atoms with E-state index in [1.54, 1.807) is 0 Å². The minimum absolute atomic E-state index is 0. The SMILES string of the molecule is CC(C)(C)[S-].Cc1cccc(-c2ccccc2)n1.[Cu+]. The van der Waals surface area contributed by atoms with Crippen LogP contribution in [0.25, 0.3) is 11.3 Å². The van der Waals surface area contributed by atoms with Crippen molar-refractivity contribution in [2.45, 2.75) is 32.4 Å². The van der Waals surface area contributed by atoms with E-state index in [0.717, 1.165) is 11.4 Å². The normalized spacial score (nSPS) is 9.95. The van der Waals surface area contributed by atoms with E-state index in [2.05, 4.69) is 17.1 Å². The topological polar surface area (TPSA) is 12.9 Å². The maximum absolute atomic E-state index is 4.83. The molecule has 0 aliphatic carbocycles. The van der Waals surface area contributed by atoms with Crippen LogP contribution in [0, 0.1) is 6.92 Å². The Morgan fingerprint density at radius 2 is 1.42 bits per heavy atom. The summed E-state index contributed by atoms with van der Waals surface area (Å²) < 4.78 is 0.0833. The van der Waals surface area contributed by atoms with Crippen LogP contribution in [0.2, 0.25) is 0 Å². The number of aromatic nitrogens is 1. The molecule has 1 nitrogen and oxygen atoms in total. The Kier molecular flexibility index (Phi) is 8.08. The van der Waals surface area contributed by atoms with Gasteiger partial charge in [-0.05, 0) is 19.1 Å². The molecule has 2 aromatic rings. The molecule has 3 heteroatoms. The van der Waals surface area contributed by atoms with Gasteiger partial charge in [0.05, 0.1) is 5.69 Å². The van der Waals surface area contributed by atoms with Crippen molar-refractivity contribution >= 4 is 12.6 Å². The van der Waals surface area contributed by atoms with E-state index in [9.17, 15) is 0 Å². The van der Waals surface area contributed by atoms with Crippen molar-refractivity contribution in [2.24, 2.45) is 0 Å². The predicted octanol–water partition coefficient (Wildman–Crippen LogP) is 4.39. The third kappa shape index (κ3) is 8.88. The van der Waals surface area contributed by atoms with Crippen molar-refractivity contribution in [1.29, 1.82) is 0 Å². The van der Waals surface area contributed by atoms with Gasteiger partial charge in [-0.3, -0.25) is 4.98 Å². The van der Waals surface area contributed by atoms with Crippen LogP contribution in [0.4, 0.5) is 0 Å².